The number of nitrogens with two attached hydrogens (primary N) is 1. The normalized spacial score (nSPS) is 10.0. The van der Waals surface area contributed by atoms with E-state index in [1.165, 1.54) is 17.1 Å². The van der Waals surface area contributed by atoms with E-state index in [0.717, 1.165) is 0 Å². The van der Waals surface area contributed by atoms with Gasteiger partial charge < -0.3 is 10.7 Å². The highest BCUT2D eigenvalue weighted by atomic mass is 16.1. The molecule has 0 fully saturated rings. The zero-order valence-electron chi connectivity index (χ0n) is 9.08. The van der Waals surface area contributed by atoms with Crippen molar-refractivity contribution in [3.63, 3.8) is 0 Å². The molecule has 0 saturated carbocycles. The van der Waals surface area contributed by atoms with Gasteiger partial charge in [0.15, 0.2) is 17.3 Å². The van der Waals surface area contributed by atoms with E-state index in [-0.39, 0.29) is 5.91 Å². The number of hydrogen-bond acceptors (Lipinski definition) is 6. The minimum atomic E-state index is -0.259. The zero-order chi connectivity index (χ0) is 12.3. The third-order valence-corrected chi connectivity index (χ3v) is 2.05. The first kappa shape index (κ1) is 11.0. The molecule has 0 aliphatic carbocycles. The molecule has 0 radical (unpaired) electrons. The predicted molar refractivity (Wildman–Crippen MR) is 60.4 cm³/mol. The molecule has 0 bridgehead atoms. The van der Waals surface area contributed by atoms with E-state index in [1.54, 1.807) is 19.3 Å². The lowest BCUT2D eigenvalue weighted by Crippen LogP contribution is -2.18. The van der Waals surface area contributed by atoms with Crippen molar-refractivity contribution in [2.24, 2.45) is 5.84 Å². The number of nitrogens with zero attached hydrogens (tertiary/aromatic N) is 4. The van der Waals surface area contributed by atoms with Gasteiger partial charge in [-0.25, -0.2) is 15.5 Å². The molecule has 8 heteroatoms. The van der Waals surface area contributed by atoms with Crippen molar-refractivity contribution < 1.29 is 4.79 Å². The van der Waals surface area contributed by atoms with Crippen molar-refractivity contribution in [2.75, 3.05) is 12.5 Å². The average Bonchev–Trinajstić information content (AvgIpc) is 2.87. The van der Waals surface area contributed by atoms with Crippen LogP contribution in [-0.2, 0) is 0 Å². The number of hydrazine groups is 1. The zero-order valence-corrected chi connectivity index (χ0v) is 9.08. The molecule has 17 heavy (non-hydrogen) atoms. The highest BCUT2D eigenvalue weighted by molar-refractivity contribution is 5.91. The highest BCUT2D eigenvalue weighted by Gasteiger charge is 2.08. The fourth-order valence-electron chi connectivity index (χ4n) is 1.24. The van der Waals surface area contributed by atoms with Gasteiger partial charge in [-0.15, -0.1) is 0 Å². The number of hydrogen-bond donors (Lipinski definition) is 3. The Morgan fingerprint density at radius 1 is 1.47 bits per heavy atom. The number of rotatable bonds is 3. The van der Waals surface area contributed by atoms with E-state index in [2.05, 4.69) is 25.8 Å². The predicted octanol–water partition coefficient (Wildman–Crippen LogP) is -0.692. The van der Waals surface area contributed by atoms with Crippen LogP contribution in [0.15, 0.2) is 24.7 Å². The first-order chi connectivity index (χ1) is 8.24. The summed E-state index contributed by atoms with van der Waals surface area (Å²) in [5.41, 5.74) is 2.69. The molecular weight excluding hydrogens is 222 g/mol. The minimum absolute atomic E-state index is 0.259. The van der Waals surface area contributed by atoms with E-state index in [4.69, 9.17) is 5.84 Å². The fourth-order valence-corrected chi connectivity index (χ4v) is 1.24. The molecule has 2 aromatic rings. The SMILES string of the molecule is CNC(=O)c1ccn(-c2cncc(NN)n2)n1. The lowest BCUT2D eigenvalue weighted by molar-refractivity contribution is 0.0957. The Morgan fingerprint density at radius 2 is 2.29 bits per heavy atom. The summed E-state index contributed by atoms with van der Waals surface area (Å²) in [5.74, 6) is 5.85. The molecule has 1 amide bonds. The van der Waals surface area contributed by atoms with Crippen molar-refractivity contribution in [3.05, 3.63) is 30.4 Å². The van der Waals surface area contributed by atoms with Crippen molar-refractivity contribution in [1.82, 2.24) is 25.1 Å². The summed E-state index contributed by atoms with van der Waals surface area (Å²) in [7, 11) is 1.54. The van der Waals surface area contributed by atoms with Crippen LogP contribution in [0.5, 0.6) is 0 Å². The molecule has 4 N–H and O–H groups in total. The van der Waals surface area contributed by atoms with Gasteiger partial charge >= 0.3 is 0 Å². The second-order valence-corrected chi connectivity index (χ2v) is 3.13. The Bertz CT molecular complexity index is 536. The molecule has 0 saturated heterocycles. The topological polar surface area (TPSA) is 111 Å². The Morgan fingerprint density at radius 3 is 3.00 bits per heavy atom. The van der Waals surface area contributed by atoms with Crippen molar-refractivity contribution in [3.8, 4) is 5.82 Å². The van der Waals surface area contributed by atoms with Crippen molar-refractivity contribution >= 4 is 11.7 Å². The van der Waals surface area contributed by atoms with E-state index in [0.29, 0.717) is 17.3 Å². The summed E-state index contributed by atoms with van der Waals surface area (Å²) in [6.07, 6.45) is 4.61. The smallest absolute Gasteiger partial charge is 0.271 e. The standard InChI is InChI=1S/C9H11N7O/c1-11-9(17)6-2-3-16(15-6)8-5-12-4-7(13-8)14-10/h2-5H,10H2,1H3,(H,11,17)(H,13,14). The summed E-state index contributed by atoms with van der Waals surface area (Å²) in [5, 5.41) is 6.55. The molecule has 0 unspecified atom stereocenters. The summed E-state index contributed by atoms with van der Waals surface area (Å²) in [6.45, 7) is 0. The molecule has 0 spiro atoms. The monoisotopic (exact) mass is 233 g/mol. The van der Waals surface area contributed by atoms with Gasteiger partial charge in [-0.05, 0) is 6.07 Å². The molecule has 2 rings (SSSR count). The van der Waals surface area contributed by atoms with Gasteiger partial charge in [-0.3, -0.25) is 9.78 Å². The average molecular weight is 233 g/mol. The van der Waals surface area contributed by atoms with Gasteiger partial charge in [0, 0.05) is 13.2 Å². The van der Waals surface area contributed by atoms with Crippen molar-refractivity contribution in [2.45, 2.75) is 0 Å². The third kappa shape index (κ3) is 2.21. The number of anilines is 1. The maximum atomic E-state index is 11.3. The Balaban J connectivity index is 2.33. The Labute approximate surface area is 96.8 Å². The highest BCUT2D eigenvalue weighted by Crippen LogP contribution is 2.06. The number of amides is 1. The molecule has 0 aliphatic rings. The quantitative estimate of drug-likeness (QED) is 0.478. The maximum Gasteiger partial charge on any atom is 0.271 e. The molecule has 88 valence electrons. The second-order valence-electron chi connectivity index (χ2n) is 3.13. The van der Waals surface area contributed by atoms with Gasteiger partial charge in [-0.1, -0.05) is 0 Å². The number of nitrogens with one attached hydrogen (secondary N) is 2. The number of aromatic nitrogens is 4. The summed E-state index contributed by atoms with van der Waals surface area (Å²) in [6, 6.07) is 1.59. The summed E-state index contributed by atoms with van der Waals surface area (Å²) in [4.78, 5) is 19.4. The Kier molecular flexibility index (Phi) is 2.97. The van der Waals surface area contributed by atoms with Crippen LogP contribution in [0.25, 0.3) is 5.82 Å². The molecule has 0 atom stereocenters. The van der Waals surface area contributed by atoms with Gasteiger partial charge in [0.05, 0.1) is 12.4 Å². The number of carbonyl (C=O) groups is 1. The first-order valence-corrected chi connectivity index (χ1v) is 4.81. The van der Waals surface area contributed by atoms with Crippen LogP contribution < -0.4 is 16.6 Å². The van der Waals surface area contributed by atoms with Gasteiger partial charge in [-0.2, -0.15) is 5.10 Å². The number of carbonyl (C=O) groups excluding carboxylic acids is 1. The molecule has 2 heterocycles. The molecule has 8 nitrogen and oxygen atoms in total. The summed E-state index contributed by atoms with van der Waals surface area (Å²) >= 11 is 0. The Hall–Kier alpha value is -2.48. The van der Waals surface area contributed by atoms with Gasteiger partial charge in [0.1, 0.15) is 0 Å². The second kappa shape index (κ2) is 4.58. The summed E-state index contributed by atoms with van der Waals surface area (Å²) < 4.78 is 1.44. The maximum absolute atomic E-state index is 11.3. The van der Waals surface area contributed by atoms with Crippen LogP contribution in [-0.4, -0.2) is 32.7 Å². The lowest BCUT2D eigenvalue weighted by Gasteiger charge is -2.02. The van der Waals surface area contributed by atoms with Crippen LogP contribution in [0, 0.1) is 0 Å². The third-order valence-electron chi connectivity index (χ3n) is 2.05. The van der Waals surface area contributed by atoms with E-state index < -0.39 is 0 Å². The molecule has 0 aliphatic heterocycles. The fraction of sp³-hybridized carbons (Fsp3) is 0.111. The minimum Gasteiger partial charge on any atom is -0.354 e. The molecule has 0 aromatic carbocycles. The van der Waals surface area contributed by atoms with Crippen molar-refractivity contribution in [1.29, 1.82) is 0 Å². The van der Waals surface area contributed by atoms with E-state index in [9.17, 15) is 4.79 Å². The largest absolute Gasteiger partial charge is 0.354 e. The molecule has 2 aromatic heterocycles. The number of nitrogen functional groups attached to an aromatic ring is 1. The van der Waals surface area contributed by atoms with Gasteiger partial charge in [0.25, 0.3) is 5.91 Å². The van der Waals surface area contributed by atoms with Crippen LogP contribution in [0.2, 0.25) is 0 Å². The van der Waals surface area contributed by atoms with Crippen LogP contribution >= 0.6 is 0 Å². The first-order valence-electron chi connectivity index (χ1n) is 4.81. The van der Waals surface area contributed by atoms with Crippen LogP contribution in [0.3, 0.4) is 0 Å². The molecular formula is C9H11N7O. The van der Waals surface area contributed by atoms with Crippen LogP contribution in [0.4, 0.5) is 5.82 Å². The lowest BCUT2D eigenvalue weighted by atomic mass is 10.4. The van der Waals surface area contributed by atoms with E-state index >= 15 is 0 Å². The van der Waals surface area contributed by atoms with Gasteiger partial charge in [0.2, 0.25) is 0 Å². The van der Waals surface area contributed by atoms with E-state index in [1.807, 2.05) is 0 Å². The van der Waals surface area contributed by atoms with Crippen LogP contribution in [0.1, 0.15) is 10.5 Å².